The number of thioether (sulfide) groups is 1. The zero-order valence-corrected chi connectivity index (χ0v) is 15.3. The van der Waals surface area contributed by atoms with Gasteiger partial charge in [0.05, 0.1) is 5.56 Å². The normalized spacial score (nSPS) is 10.4. The molecule has 0 unspecified atom stereocenters. The Labute approximate surface area is 146 Å². The Bertz CT molecular complexity index is 601. The highest BCUT2D eigenvalue weighted by molar-refractivity contribution is 9.10. The molecule has 0 spiro atoms. The summed E-state index contributed by atoms with van der Waals surface area (Å²) in [6, 6.07) is 15.8. The van der Waals surface area contributed by atoms with Gasteiger partial charge in [0.15, 0.2) is 0 Å². The van der Waals surface area contributed by atoms with E-state index in [0.29, 0.717) is 12.1 Å². The Morgan fingerprint density at radius 3 is 2.48 bits per heavy atom. The highest BCUT2D eigenvalue weighted by Gasteiger charge is 2.07. The fourth-order valence-corrected chi connectivity index (χ4v) is 3.30. The quantitative estimate of drug-likeness (QED) is 0.664. The molecule has 0 atom stereocenters. The molecule has 0 saturated carbocycles. The Morgan fingerprint density at radius 2 is 1.76 bits per heavy atom. The van der Waals surface area contributed by atoms with Gasteiger partial charge in [-0.15, -0.1) is 0 Å². The molecule has 2 aromatic carbocycles. The summed E-state index contributed by atoms with van der Waals surface area (Å²) in [5.41, 5.74) is 1.97. The number of benzene rings is 2. The lowest BCUT2D eigenvalue weighted by atomic mass is 10.2. The van der Waals surface area contributed by atoms with E-state index >= 15 is 0 Å². The first-order valence-corrected chi connectivity index (χ1v) is 9.26. The molecule has 2 nitrogen and oxygen atoms in total. The van der Waals surface area contributed by atoms with E-state index in [1.165, 1.54) is 5.56 Å². The first kappa shape index (κ1) is 16.6. The van der Waals surface area contributed by atoms with Crippen LogP contribution in [0.3, 0.4) is 0 Å². The minimum Gasteiger partial charge on any atom is -0.351 e. The predicted molar refractivity (Wildman–Crippen MR) is 96.8 cm³/mol. The summed E-state index contributed by atoms with van der Waals surface area (Å²) in [4.78, 5) is 12.0. The van der Waals surface area contributed by atoms with Crippen LogP contribution in [0, 0.1) is 0 Å². The summed E-state index contributed by atoms with van der Waals surface area (Å²) in [5.74, 6) is 1.82. The Morgan fingerprint density at radius 1 is 1.05 bits per heavy atom. The summed E-state index contributed by atoms with van der Waals surface area (Å²) in [7, 11) is 0. The molecule has 1 amide bonds. The smallest absolute Gasteiger partial charge is 0.252 e. The Balaban J connectivity index is 1.69. The minimum atomic E-state index is -0.0354. The molecule has 110 valence electrons. The number of nitrogens with one attached hydrogen (secondary N) is 1. The van der Waals surface area contributed by atoms with Crippen molar-refractivity contribution in [3.8, 4) is 0 Å². The second-order valence-corrected chi connectivity index (χ2v) is 7.29. The molecule has 1 N–H and O–H groups in total. The van der Waals surface area contributed by atoms with E-state index in [1.807, 2.05) is 48.2 Å². The average molecular weight is 429 g/mol. The van der Waals surface area contributed by atoms with Crippen LogP contribution in [-0.4, -0.2) is 18.2 Å². The molecule has 0 heterocycles. The van der Waals surface area contributed by atoms with Crippen molar-refractivity contribution in [3.05, 3.63) is 68.6 Å². The first-order valence-electron chi connectivity index (χ1n) is 6.52. The van der Waals surface area contributed by atoms with Crippen molar-refractivity contribution in [2.24, 2.45) is 0 Å². The van der Waals surface area contributed by atoms with Crippen molar-refractivity contribution >= 4 is 49.5 Å². The molecular weight excluding hydrogens is 414 g/mol. The molecule has 0 saturated heterocycles. The molecular formula is C16H15Br2NOS. The van der Waals surface area contributed by atoms with E-state index in [0.717, 1.165) is 20.5 Å². The molecule has 0 aliphatic heterocycles. The maximum Gasteiger partial charge on any atom is 0.252 e. The number of carbonyl (C=O) groups is 1. The molecule has 21 heavy (non-hydrogen) atoms. The average Bonchev–Trinajstić information content (AvgIpc) is 2.49. The van der Waals surface area contributed by atoms with Crippen molar-refractivity contribution in [2.45, 2.75) is 5.75 Å². The molecule has 0 fully saturated rings. The maximum atomic E-state index is 12.0. The van der Waals surface area contributed by atoms with E-state index in [2.05, 4.69) is 49.3 Å². The van der Waals surface area contributed by atoms with Gasteiger partial charge in [-0.1, -0.05) is 40.2 Å². The topological polar surface area (TPSA) is 29.1 Å². The molecule has 2 rings (SSSR count). The van der Waals surface area contributed by atoms with Crippen LogP contribution in [0.25, 0.3) is 0 Å². The molecule has 0 aromatic heterocycles. The van der Waals surface area contributed by atoms with Gasteiger partial charge in [0.25, 0.3) is 5.91 Å². The van der Waals surface area contributed by atoms with E-state index in [-0.39, 0.29) is 5.91 Å². The van der Waals surface area contributed by atoms with Gasteiger partial charge in [-0.3, -0.25) is 4.79 Å². The van der Waals surface area contributed by atoms with Gasteiger partial charge in [0.2, 0.25) is 0 Å². The second-order valence-electron chi connectivity index (χ2n) is 4.41. The van der Waals surface area contributed by atoms with Crippen LogP contribution in [0.4, 0.5) is 0 Å². The summed E-state index contributed by atoms with van der Waals surface area (Å²) in [5, 5.41) is 2.94. The van der Waals surface area contributed by atoms with E-state index < -0.39 is 0 Å². The van der Waals surface area contributed by atoms with Crippen LogP contribution < -0.4 is 5.32 Å². The highest BCUT2D eigenvalue weighted by atomic mass is 79.9. The number of hydrogen-bond acceptors (Lipinski definition) is 2. The molecule has 0 bridgehead atoms. The highest BCUT2D eigenvalue weighted by Crippen LogP contribution is 2.17. The van der Waals surface area contributed by atoms with Crippen LogP contribution in [0.2, 0.25) is 0 Å². The molecule has 2 aromatic rings. The van der Waals surface area contributed by atoms with Crippen LogP contribution in [0.5, 0.6) is 0 Å². The molecule has 0 aliphatic rings. The lowest BCUT2D eigenvalue weighted by molar-refractivity contribution is 0.0955. The fourth-order valence-electron chi connectivity index (χ4n) is 1.75. The van der Waals surface area contributed by atoms with Crippen molar-refractivity contribution in [3.63, 3.8) is 0 Å². The third-order valence-electron chi connectivity index (χ3n) is 2.83. The Kier molecular flexibility index (Phi) is 6.80. The standard InChI is InChI=1S/C16H15Br2NOS/c17-13-7-5-12(6-8-13)11-21-10-9-19-16(20)14-3-1-2-4-15(14)18/h1-8H,9-11H2,(H,19,20). The number of amides is 1. The van der Waals surface area contributed by atoms with Crippen molar-refractivity contribution < 1.29 is 4.79 Å². The van der Waals surface area contributed by atoms with Gasteiger partial charge in [0, 0.05) is 27.0 Å². The zero-order chi connectivity index (χ0) is 15.1. The molecule has 0 radical (unpaired) electrons. The Hall–Kier alpha value is -0.780. The summed E-state index contributed by atoms with van der Waals surface area (Å²) >= 11 is 8.62. The van der Waals surface area contributed by atoms with Gasteiger partial charge in [-0.2, -0.15) is 11.8 Å². The minimum absolute atomic E-state index is 0.0354. The largest absolute Gasteiger partial charge is 0.351 e. The van der Waals surface area contributed by atoms with Crippen LogP contribution in [-0.2, 0) is 5.75 Å². The molecule has 5 heteroatoms. The monoisotopic (exact) mass is 427 g/mol. The fraction of sp³-hybridized carbons (Fsp3) is 0.188. The van der Waals surface area contributed by atoms with Gasteiger partial charge < -0.3 is 5.32 Å². The number of rotatable bonds is 6. The van der Waals surface area contributed by atoms with Gasteiger partial charge >= 0.3 is 0 Å². The van der Waals surface area contributed by atoms with Crippen molar-refractivity contribution in [2.75, 3.05) is 12.3 Å². The lowest BCUT2D eigenvalue weighted by Gasteiger charge is -2.07. The first-order chi connectivity index (χ1) is 10.2. The number of carbonyl (C=O) groups excluding carboxylic acids is 1. The van der Waals surface area contributed by atoms with Crippen molar-refractivity contribution in [1.82, 2.24) is 5.32 Å². The SMILES string of the molecule is O=C(NCCSCc1ccc(Br)cc1)c1ccccc1Br. The van der Waals surface area contributed by atoms with E-state index in [1.54, 1.807) is 0 Å². The zero-order valence-electron chi connectivity index (χ0n) is 11.3. The summed E-state index contributed by atoms with van der Waals surface area (Å²) < 4.78 is 1.92. The van der Waals surface area contributed by atoms with Crippen molar-refractivity contribution in [1.29, 1.82) is 0 Å². The third-order valence-corrected chi connectivity index (χ3v) is 5.08. The van der Waals surface area contributed by atoms with Gasteiger partial charge in [-0.25, -0.2) is 0 Å². The predicted octanol–water partition coefficient (Wildman–Crippen LogP) is 4.87. The maximum absolute atomic E-state index is 12.0. The number of hydrogen-bond donors (Lipinski definition) is 1. The van der Waals surface area contributed by atoms with Gasteiger partial charge in [-0.05, 0) is 45.8 Å². The van der Waals surface area contributed by atoms with E-state index in [4.69, 9.17) is 0 Å². The van der Waals surface area contributed by atoms with Crippen LogP contribution in [0.15, 0.2) is 57.5 Å². The molecule has 0 aliphatic carbocycles. The van der Waals surface area contributed by atoms with Crippen LogP contribution >= 0.6 is 43.6 Å². The second kappa shape index (κ2) is 8.61. The van der Waals surface area contributed by atoms with Crippen LogP contribution in [0.1, 0.15) is 15.9 Å². The summed E-state index contributed by atoms with van der Waals surface area (Å²) in [6.45, 7) is 0.668. The third kappa shape index (κ3) is 5.49. The van der Waals surface area contributed by atoms with Gasteiger partial charge in [0.1, 0.15) is 0 Å². The lowest BCUT2D eigenvalue weighted by Crippen LogP contribution is -2.26. The number of halogens is 2. The van der Waals surface area contributed by atoms with E-state index in [9.17, 15) is 4.79 Å². The summed E-state index contributed by atoms with van der Waals surface area (Å²) in [6.07, 6.45) is 0.